The molecule has 0 atom stereocenters. The number of anilines is 1. The summed E-state index contributed by atoms with van der Waals surface area (Å²) in [5, 5.41) is 3.15. The predicted octanol–water partition coefficient (Wildman–Crippen LogP) is 2.22. The van der Waals surface area contributed by atoms with Crippen LogP contribution < -0.4 is 14.8 Å². The molecule has 0 unspecified atom stereocenters. The SMILES string of the molecule is CNS(=O)(=O)c1ccccc1NCc1ccc(OC)cc1. The zero-order chi connectivity index (χ0) is 15.3. The Morgan fingerprint density at radius 2 is 1.71 bits per heavy atom. The summed E-state index contributed by atoms with van der Waals surface area (Å²) in [6, 6.07) is 14.4. The fraction of sp³-hybridized carbons (Fsp3) is 0.200. The second-order valence-corrected chi connectivity index (χ2v) is 6.26. The average molecular weight is 306 g/mol. The first-order chi connectivity index (χ1) is 10.1. The summed E-state index contributed by atoms with van der Waals surface area (Å²) in [7, 11) is -0.461. The standard InChI is InChI=1S/C15H18N2O3S/c1-16-21(18,19)15-6-4-3-5-14(15)17-11-12-7-9-13(20-2)10-8-12/h3-10,16-17H,11H2,1-2H3. The van der Waals surface area contributed by atoms with Gasteiger partial charge in [-0.05, 0) is 36.9 Å². The largest absolute Gasteiger partial charge is 0.497 e. The van der Waals surface area contributed by atoms with Gasteiger partial charge in [-0.2, -0.15) is 0 Å². The van der Waals surface area contributed by atoms with E-state index in [1.807, 2.05) is 24.3 Å². The van der Waals surface area contributed by atoms with Crippen LogP contribution in [0.5, 0.6) is 5.75 Å². The van der Waals surface area contributed by atoms with Crippen molar-refractivity contribution in [2.45, 2.75) is 11.4 Å². The molecule has 0 fully saturated rings. The van der Waals surface area contributed by atoms with E-state index in [4.69, 9.17) is 4.74 Å². The number of nitrogens with one attached hydrogen (secondary N) is 2. The van der Waals surface area contributed by atoms with E-state index in [0.717, 1.165) is 11.3 Å². The predicted molar refractivity (Wildman–Crippen MR) is 83.0 cm³/mol. The van der Waals surface area contributed by atoms with E-state index in [1.165, 1.54) is 7.05 Å². The average Bonchev–Trinajstić information content (AvgIpc) is 2.53. The van der Waals surface area contributed by atoms with Gasteiger partial charge in [0.1, 0.15) is 10.6 Å². The van der Waals surface area contributed by atoms with Crippen molar-refractivity contribution in [3.05, 3.63) is 54.1 Å². The van der Waals surface area contributed by atoms with Crippen LogP contribution in [0.25, 0.3) is 0 Å². The van der Waals surface area contributed by atoms with E-state index in [2.05, 4.69) is 10.0 Å². The number of hydrogen-bond donors (Lipinski definition) is 2. The van der Waals surface area contributed by atoms with Gasteiger partial charge < -0.3 is 10.1 Å². The minimum atomic E-state index is -3.48. The van der Waals surface area contributed by atoms with Crippen molar-refractivity contribution in [3.8, 4) is 5.75 Å². The lowest BCUT2D eigenvalue weighted by Crippen LogP contribution is -2.20. The smallest absolute Gasteiger partial charge is 0.242 e. The number of rotatable bonds is 6. The first kappa shape index (κ1) is 15.3. The maximum atomic E-state index is 11.9. The molecule has 2 aromatic carbocycles. The Labute approximate surface area is 125 Å². The highest BCUT2D eigenvalue weighted by Crippen LogP contribution is 2.21. The Bertz CT molecular complexity index is 697. The molecule has 2 rings (SSSR count). The van der Waals surface area contributed by atoms with Crippen LogP contribution in [0.15, 0.2) is 53.4 Å². The van der Waals surface area contributed by atoms with Gasteiger partial charge in [0.25, 0.3) is 0 Å². The van der Waals surface area contributed by atoms with E-state index in [0.29, 0.717) is 12.2 Å². The summed E-state index contributed by atoms with van der Waals surface area (Å²) >= 11 is 0. The van der Waals surface area contributed by atoms with Gasteiger partial charge >= 0.3 is 0 Å². The van der Waals surface area contributed by atoms with Crippen molar-refractivity contribution in [1.29, 1.82) is 0 Å². The highest BCUT2D eigenvalue weighted by Gasteiger charge is 2.15. The number of benzene rings is 2. The fourth-order valence-electron chi connectivity index (χ4n) is 1.90. The Hall–Kier alpha value is -2.05. The zero-order valence-electron chi connectivity index (χ0n) is 12.0. The van der Waals surface area contributed by atoms with E-state index < -0.39 is 10.0 Å². The van der Waals surface area contributed by atoms with Crippen molar-refractivity contribution in [1.82, 2.24) is 4.72 Å². The maximum absolute atomic E-state index is 11.9. The highest BCUT2D eigenvalue weighted by molar-refractivity contribution is 7.89. The summed E-state index contributed by atoms with van der Waals surface area (Å²) in [4.78, 5) is 0.237. The van der Waals surface area contributed by atoms with Crippen LogP contribution in [0.1, 0.15) is 5.56 Å². The molecule has 0 saturated heterocycles. The lowest BCUT2D eigenvalue weighted by atomic mass is 10.2. The molecule has 0 spiro atoms. The van der Waals surface area contributed by atoms with Crippen molar-refractivity contribution >= 4 is 15.7 Å². The molecule has 0 bridgehead atoms. The van der Waals surface area contributed by atoms with E-state index in [9.17, 15) is 8.42 Å². The van der Waals surface area contributed by atoms with Gasteiger partial charge in [0.05, 0.1) is 12.8 Å². The second kappa shape index (κ2) is 6.60. The van der Waals surface area contributed by atoms with Crippen LogP contribution in [0.4, 0.5) is 5.69 Å². The molecule has 0 aliphatic rings. The van der Waals surface area contributed by atoms with Gasteiger partial charge in [-0.25, -0.2) is 13.1 Å². The van der Waals surface area contributed by atoms with Gasteiger partial charge in [-0.15, -0.1) is 0 Å². The molecule has 6 heteroatoms. The van der Waals surface area contributed by atoms with Crippen molar-refractivity contribution in [2.75, 3.05) is 19.5 Å². The van der Waals surface area contributed by atoms with Gasteiger partial charge in [0, 0.05) is 6.54 Å². The topological polar surface area (TPSA) is 67.4 Å². The molecular formula is C15H18N2O3S. The van der Waals surface area contributed by atoms with E-state index in [-0.39, 0.29) is 4.90 Å². The monoisotopic (exact) mass is 306 g/mol. The summed E-state index contributed by atoms with van der Waals surface area (Å²) < 4.78 is 31.3. The first-order valence-corrected chi connectivity index (χ1v) is 7.94. The number of methoxy groups -OCH3 is 1. The number of ether oxygens (including phenoxy) is 1. The number of sulfonamides is 1. The molecule has 0 radical (unpaired) electrons. The molecule has 0 aromatic heterocycles. The third kappa shape index (κ3) is 3.74. The minimum Gasteiger partial charge on any atom is -0.497 e. The van der Waals surface area contributed by atoms with Crippen LogP contribution >= 0.6 is 0 Å². The molecule has 0 aliphatic carbocycles. The van der Waals surface area contributed by atoms with Gasteiger partial charge in [-0.1, -0.05) is 24.3 Å². The molecule has 112 valence electrons. The molecular weight excluding hydrogens is 288 g/mol. The first-order valence-electron chi connectivity index (χ1n) is 6.46. The third-order valence-electron chi connectivity index (χ3n) is 3.09. The summed E-state index contributed by atoms with van der Waals surface area (Å²) in [5.74, 6) is 0.789. The second-order valence-electron chi connectivity index (χ2n) is 4.41. The molecule has 5 nitrogen and oxygen atoms in total. The third-order valence-corrected chi connectivity index (χ3v) is 4.56. The van der Waals surface area contributed by atoms with Crippen LogP contribution in [-0.2, 0) is 16.6 Å². The van der Waals surface area contributed by atoms with Gasteiger partial charge in [-0.3, -0.25) is 0 Å². The lowest BCUT2D eigenvalue weighted by molar-refractivity contribution is 0.414. The Balaban J connectivity index is 2.16. The van der Waals surface area contributed by atoms with Gasteiger partial charge in [0.15, 0.2) is 0 Å². The maximum Gasteiger partial charge on any atom is 0.242 e. The minimum absolute atomic E-state index is 0.237. The van der Waals surface area contributed by atoms with Crippen LogP contribution in [0.2, 0.25) is 0 Å². The number of hydrogen-bond acceptors (Lipinski definition) is 4. The Morgan fingerprint density at radius 3 is 2.33 bits per heavy atom. The summed E-state index contributed by atoms with van der Waals surface area (Å²) in [6.45, 7) is 0.528. The van der Waals surface area contributed by atoms with Crippen molar-refractivity contribution < 1.29 is 13.2 Å². The molecule has 0 saturated carbocycles. The Morgan fingerprint density at radius 1 is 1.05 bits per heavy atom. The normalized spacial score (nSPS) is 11.1. The lowest BCUT2D eigenvalue weighted by Gasteiger charge is -2.12. The molecule has 21 heavy (non-hydrogen) atoms. The van der Waals surface area contributed by atoms with Crippen LogP contribution in [0, 0.1) is 0 Å². The number of para-hydroxylation sites is 1. The van der Waals surface area contributed by atoms with Crippen LogP contribution in [-0.4, -0.2) is 22.6 Å². The highest BCUT2D eigenvalue weighted by atomic mass is 32.2. The van der Waals surface area contributed by atoms with Crippen molar-refractivity contribution in [2.24, 2.45) is 0 Å². The van der Waals surface area contributed by atoms with Crippen LogP contribution in [0.3, 0.4) is 0 Å². The summed E-state index contributed by atoms with van der Waals surface area (Å²) in [5.41, 5.74) is 1.61. The van der Waals surface area contributed by atoms with E-state index in [1.54, 1.807) is 31.4 Å². The quantitative estimate of drug-likeness (QED) is 0.858. The molecule has 0 aliphatic heterocycles. The Kier molecular flexibility index (Phi) is 4.82. The molecule has 2 N–H and O–H groups in total. The zero-order valence-corrected chi connectivity index (χ0v) is 12.8. The summed E-state index contributed by atoms with van der Waals surface area (Å²) in [6.07, 6.45) is 0. The van der Waals surface area contributed by atoms with E-state index >= 15 is 0 Å². The van der Waals surface area contributed by atoms with Crippen molar-refractivity contribution in [3.63, 3.8) is 0 Å². The molecule has 0 heterocycles. The van der Waals surface area contributed by atoms with Gasteiger partial charge in [0.2, 0.25) is 10.0 Å². The molecule has 0 amide bonds. The molecule has 2 aromatic rings. The fourth-order valence-corrected chi connectivity index (χ4v) is 2.81.